The quantitative estimate of drug-likeness (QED) is 0.0728. The van der Waals surface area contributed by atoms with Crippen LogP contribution in [0.5, 0.6) is 28.7 Å². The van der Waals surface area contributed by atoms with Crippen molar-refractivity contribution in [1.29, 1.82) is 0 Å². The van der Waals surface area contributed by atoms with Crippen LogP contribution in [-0.4, -0.2) is 42.5 Å². The van der Waals surface area contributed by atoms with Crippen molar-refractivity contribution in [3.05, 3.63) is 161 Å². The molecule has 2 unspecified atom stereocenters. The summed E-state index contributed by atoms with van der Waals surface area (Å²) in [6.45, 7) is 11.6. The third-order valence-corrected chi connectivity index (χ3v) is 11.2. The second-order valence-corrected chi connectivity index (χ2v) is 16.0. The van der Waals surface area contributed by atoms with Gasteiger partial charge in [0.25, 0.3) is 0 Å². The van der Waals surface area contributed by atoms with E-state index >= 15 is 0 Å². The van der Waals surface area contributed by atoms with Crippen LogP contribution in [0.25, 0.3) is 22.3 Å². The van der Waals surface area contributed by atoms with Crippen LogP contribution in [0, 0.1) is 33.5 Å². The van der Waals surface area contributed by atoms with Gasteiger partial charge in [0.05, 0.1) is 7.11 Å². The minimum absolute atomic E-state index is 0.0895. The van der Waals surface area contributed by atoms with Crippen LogP contribution >= 0.6 is 0 Å². The first-order chi connectivity index (χ1) is 31.3. The summed E-state index contributed by atoms with van der Waals surface area (Å²) < 4.78 is 42.2. The largest absolute Gasteiger partial charge is 0.497 e. The number of methoxy groups -OCH3 is 1. The Balaban J connectivity index is 0.000000244. The highest BCUT2D eigenvalue weighted by Crippen LogP contribution is 2.37. The normalized spacial score (nSPS) is 11.7. The maximum Gasteiger partial charge on any atom is 0.341 e. The molecule has 0 heterocycles. The fraction of sp³-hybridized carbons (Fsp3) is 0.309. The van der Waals surface area contributed by atoms with Crippen LogP contribution < -0.4 is 23.7 Å². The molecule has 0 saturated heterocycles. The summed E-state index contributed by atoms with van der Waals surface area (Å²) in [4.78, 5) is 21.6. The second kappa shape index (κ2) is 24.3. The van der Waals surface area contributed by atoms with E-state index in [2.05, 4.69) is 64.1 Å². The van der Waals surface area contributed by atoms with E-state index in [1.165, 1.54) is 28.8 Å². The van der Waals surface area contributed by atoms with Crippen molar-refractivity contribution in [2.24, 2.45) is 0 Å². The van der Waals surface area contributed by atoms with Gasteiger partial charge in [-0.3, -0.25) is 0 Å². The number of rotatable bonds is 21. The van der Waals surface area contributed by atoms with Gasteiger partial charge in [-0.15, -0.1) is 0 Å². The number of carboxylic acid groups (broad SMARTS) is 2. The van der Waals surface area contributed by atoms with Crippen molar-refractivity contribution in [1.82, 2.24) is 0 Å². The predicted octanol–water partition coefficient (Wildman–Crippen LogP) is 13.6. The zero-order valence-corrected chi connectivity index (χ0v) is 38.5. The van der Waals surface area contributed by atoms with E-state index in [-0.39, 0.29) is 31.2 Å². The summed E-state index contributed by atoms with van der Waals surface area (Å²) in [6.07, 6.45) is 5.74. The van der Waals surface area contributed by atoms with Crippen molar-refractivity contribution >= 4 is 11.9 Å². The minimum Gasteiger partial charge on any atom is -0.497 e. The summed E-state index contributed by atoms with van der Waals surface area (Å²) in [7, 11) is 1.67. The molecule has 9 nitrogen and oxygen atoms in total. The molecule has 6 aromatic rings. The Morgan fingerprint density at radius 2 is 0.954 bits per heavy atom. The number of hydrogen-bond donors (Lipinski definition) is 2. The Bertz CT molecular complexity index is 2480. The Morgan fingerprint density at radius 1 is 0.554 bits per heavy atom. The van der Waals surface area contributed by atoms with Gasteiger partial charge in [-0.1, -0.05) is 87.4 Å². The highest BCUT2D eigenvalue weighted by atomic mass is 19.1. The standard InChI is InChI=1S/C28H32O5.C27H29FO4/c1-5-6-10-27(33-23-15-16-26(19(2)17-23)32-18-28(29)30)25-9-7-8-24(20(25)3)21-11-13-22(31-4)14-12-21;1-4-5-9-26(32-22-14-15-25(18(2)16-22)31-17-27(29)30)24-8-6-7-23(19(24)3)20-10-12-21(28)13-11-20/h7-9,11-17,27H,5-6,10,18H2,1-4H3,(H,29,30);6-8,10-16,26H,4-5,9,17H2,1-3H3,(H,29,30). The molecule has 0 aliphatic rings. The summed E-state index contributed by atoms with van der Waals surface area (Å²) in [5, 5.41) is 17.7. The van der Waals surface area contributed by atoms with Gasteiger partial charge >= 0.3 is 11.9 Å². The monoisotopic (exact) mass is 884 g/mol. The number of benzene rings is 6. The number of hydrogen-bond acceptors (Lipinski definition) is 7. The van der Waals surface area contributed by atoms with Gasteiger partial charge in [-0.2, -0.15) is 0 Å². The summed E-state index contributed by atoms with van der Waals surface area (Å²) in [6, 6.07) is 38.1. The molecule has 342 valence electrons. The molecule has 10 heteroatoms. The zero-order chi connectivity index (χ0) is 46.9. The van der Waals surface area contributed by atoms with Crippen molar-refractivity contribution in [2.75, 3.05) is 20.3 Å². The van der Waals surface area contributed by atoms with Gasteiger partial charge in [-0.05, 0) is 170 Å². The molecule has 0 radical (unpaired) electrons. The SMILES string of the molecule is CCCCC(Oc1ccc(OCC(=O)O)c(C)c1)c1cccc(-c2ccc(F)cc2)c1C.CCCCC(Oc1ccc(OCC(=O)O)c(C)c1)c1cccc(-c2ccc(OC)cc2)c1C. The minimum atomic E-state index is -1.01. The van der Waals surface area contributed by atoms with Crippen molar-refractivity contribution in [2.45, 2.75) is 92.3 Å². The van der Waals surface area contributed by atoms with Crippen LogP contribution in [0.2, 0.25) is 0 Å². The summed E-state index contributed by atoms with van der Waals surface area (Å²) in [5.74, 6) is 1.10. The molecule has 0 aliphatic carbocycles. The zero-order valence-electron chi connectivity index (χ0n) is 38.5. The van der Waals surface area contributed by atoms with E-state index in [1.807, 2.05) is 62.4 Å². The molecular weight excluding hydrogens is 824 g/mol. The van der Waals surface area contributed by atoms with Crippen LogP contribution in [0.4, 0.5) is 4.39 Å². The highest BCUT2D eigenvalue weighted by Gasteiger charge is 2.20. The van der Waals surface area contributed by atoms with Crippen LogP contribution in [0.3, 0.4) is 0 Å². The van der Waals surface area contributed by atoms with E-state index in [1.54, 1.807) is 31.4 Å². The number of halogens is 1. The topological polar surface area (TPSA) is 121 Å². The van der Waals surface area contributed by atoms with Gasteiger partial charge in [-0.25, -0.2) is 14.0 Å². The molecule has 0 saturated carbocycles. The molecule has 0 amide bonds. The van der Waals surface area contributed by atoms with Crippen molar-refractivity contribution in [3.8, 4) is 51.0 Å². The predicted molar refractivity (Wildman–Crippen MR) is 254 cm³/mol. The van der Waals surface area contributed by atoms with E-state index in [9.17, 15) is 14.0 Å². The number of unbranched alkanes of at least 4 members (excludes halogenated alkanes) is 2. The number of carbonyl (C=O) groups is 2. The highest BCUT2D eigenvalue weighted by molar-refractivity contribution is 5.71. The average Bonchev–Trinajstić information content (AvgIpc) is 3.29. The first kappa shape index (κ1) is 49.2. The molecular formula is C55H61FO9. The van der Waals surface area contributed by atoms with Gasteiger partial charge in [0.15, 0.2) is 13.2 Å². The van der Waals surface area contributed by atoms with E-state index < -0.39 is 11.9 Å². The smallest absolute Gasteiger partial charge is 0.341 e. The molecule has 0 aromatic heterocycles. The molecule has 65 heavy (non-hydrogen) atoms. The lowest BCUT2D eigenvalue weighted by Gasteiger charge is -2.23. The lowest BCUT2D eigenvalue weighted by molar-refractivity contribution is -0.140. The first-order valence-corrected chi connectivity index (χ1v) is 22.1. The Hall–Kier alpha value is -6.81. The molecule has 6 rings (SSSR count). The summed E-state index contributed by atoms with van der Waals surface area (Å²) in [5.41, 5.74) is 10.6. The van der Waals surface area contributed by atoms with Gasteiger partial charge < -0.3 is 33.9 Å². The fourth-order valence-corrected chi connectivity index (χ4v) is 7.69. The van der Waals surface area contributed by atoms with Gasteiger partial charge in [0, 0.05) is 0 Å². The average molecular weight is 885 g/mol. The molecule has 2 N–H and O–H groups in total. The number of aliphatic carboxylic acids is 2. The Morgan fingerprint density at radius 3 is 1.32 bits per heavy atom. The molecule has 0 spiro atoms. The van der Waals surface area contributed by atoms with Crippen LogP contribution in [-0.2, 0) is 9.59 Å². The van der Waals surface area contributed by atoms with Crippen molar-refractivity contribution < 1.29 is 47.9 Å². The molecule has 6 aromatic carbocycles. The third-order valence-electron chi connectivity index (χ3n) is 11.2. The first-order valence-electron chi connectivity index (χ1n) is 22.1. The number of carboxylic acids is 2. The van der Waals surface area contributed by atoms with Gasteiger partial charge in [0.1, 0.15) is 46.8 Å². The maximum absolute atomic E-state index is 13.4. The molecule has 0 fully saturated rings. The second-order valence-electron chi connectivity index (χ2n) is 16.0. The number of ether oxygens (including phenoxy) is 5. The Kier molecular flexibility index (Phi) is 18.4. The Labute approximate surface area is 382 Å². The molecule has 2 atom stereocenters. The van der Waals surface area contributed by atoms with Gasteiger partial charge in [0.2, 0.25) is 0 Å². The van der Waals surface area contributed by atoms with E-state index in [0.29, 0.717) is 17.2 Å². The van der Waals surface area contributed by atoms with E-state index in [4.69, 9.17) is 33.9 Å². The summed E-state index contributed by atoms with van der Waals surface area (Å²) >= 11 is 0. The lowest BCUT2D eigenvalue weighted by atomic mass is 9.92. The lowest BCUT2D eigenvalue weighted by Crippen LogP contribution is -2.11. The van der Waals surface area contributed by atoms with Crippen molar-refractivity contribution in [3.63, 3.8) is 0 Å². The molecule has 0 aliphatic heterocycles. The van der Waals surface area contributed by atoms with Crippen LogP contribution in [0.1, 0.15) is 98.0 Å². The fourth-order valence-electron chi connectivity index (χ4n) is 7.69. The maximum atomic E-state index is 13.4. The van der Waals surface area contributed by atoms with Crippen LogP contribution in [0.15, 0.2) is 121 Å². The third kappa shape index (κ3) is 14.1. The number of aryl methyl sites for hydroxylation is 2. The van der Waals surface area contributed by atoms with E-state index in [0.717, 1.165) is 89.0 Å². The molecule has 0 bridgehead atoms.